The third-order valence-electron chi connectivity index (χ3n) is 4.55. The van der Waals surface area contributed by atoms with Crippen LogP contribution in [0.4, 0.5) is 0 Å². The van der Waals surface area contributed by atoms with Crippen molar-refractivity contribution in [1.29, 1.82) is 0 Å². The van der Waals surface area contributed by atoms with Crippen molar-refractivity contribution in [3.63, 3.8) is 0 Å². The van der Waals surface area contributed by atoms with E-state index in [9.17, 15) is 19.5 Å². The summed E-state index contributed by atoms with van der Waals surface area (Å²) in [6.07, 6.45) is -1.12. The minimum Gasteiger partial charge on any atom is -0.379 e. The second-order valence-corrected chi connectivity index (χ2v) is 9.32. The van der Waals surface area contributed by atoms with Crippen LogP contribution < -0.4 is 10.6 Å². The summed E-state index contributed by atoms with van der Waals surface area (Å²) >= 11 is 1.07. The largest absolute Gasteiger partial charge is 0.379 e. The molecule has 0 aromatic heterocycles. The second-order valence-electron chi connectivity index (χ2n) is 8.22. The maximum atomic E-state index is 12.5. The van der Waals surface area contributed by atoms with Gasteiger partial charge >= 0.3 is 0 Å². The predicted molar refractivity (Wildman–Crippen MR) is 108 cm³/mol. The Kier molecular flexibility index (Phi) is 9.55. The zero-order chi connectivity index (χ0) is 21.5. The molecule has 0 bridgehead atoms. The number of Topliss-reactive ketones (excluding diaryl/α,β-unsaturated/α-hetero) is 1. The molecule has 0 spiro atoms. The summed E-state index contributed by atoms with van der Waals surface area (Å²) in [5.41, 5.74) is -0.447. The Morgan fingerprint density at radius 2 is 1.86 bits per heavy atom. The Bertz CT molecular complexity index is 567. The predicted octanol–water partition coefficient (Wildman–Crippen LogP) is 1.06. The minimum absolute atomic E-state index is 0.152. The number of hydrogen-bond acceptors (Lipinski definition) is 8. The quantitative estimate of drug-likeness (QED) is 0.274. The molecule has 162 valence electrons. The van der Waals surface area contributed by atoms with Gasteiger partial charge in [-0.05, 0) is 27.7 Å². The number of rotatable bonds is 10. The molecule has 1 rings (SSSR count). The van der Waals surface area contributed by atoms with Crippen molar-refractivity contribution in [1.82, 2.24) is 10.6 Å². The molecule has 0 radical (unpaired) electrons. The van der Waals surface area contributed by atoms with Crippen LogP contribution in [-0.4, -0.2) is 65.5 Å². The summed E-state index contributed by atoms with van der Waals surface area (Å²) in [5, 5.41) is 15.5. The van der Waals surface area contributed by atoms with Gasteiger partial charge in [0, 0.05) is 30.7 Å². The zero-order valence-corrected chi connectivity index (χ0v) is 18.5. The number of aliphatic hydroxyl groups is 1. The van der Waals surface area contributed by atoms with Crippen LogP contribution in [-0.2, 0) is 23.9 Å². The molecule has 0 saturated carbocycles. The number of thioether (sulfide) groups is 1. The first-order chi connectivity index (χ1) is 12.9. The number of amides is 1. The SMILES string of the molecule is CC(=O)C(C)C(=O)SCCNC(O)CCNC(=O)C1OC(C)(C)OCC1(C)C. The molecule has 9 heteroatoms. The van der Waals surface area contributed by atoms with Crippen LogP contribution in [0.5, 0.6) is 0 Å². The Morgan fingerprint density at radius 1 is 1.21 bits per heavy atom. The molecule has 1 aliphatic rings. The second kappa shape index (κ2) is 10.7. The van der Waals surface area contributed by atoms with Crippen LogP contribution in [0.2, 0.25) is 0 Å². The van der Waals surface area contributed by atoms with E-state index in [-0.39, 0.29) is 23.4 Å². The van der Waals surface area contributed by atoms with Crippen molar-refractivity contribution < 1.29 is 29.0 Å². The molecular formula is C19H34N2O6S. The molecule has 0 aliphatic carbocycles. The molecule has 1 amide bonds. The van der Waals surface area contributed by atoms with Crippen LogP contribution in [0.15, 0.2) is 0 Å². The maximum Gasteiger partial charge on any atom is 0.249 e. The molecule has 1 aliphatic heterocycles. The van der Waals surface area contributed by atoms with Crippen LogP contribution in [0.25, 0.3) is 0 Å². The molecule has 3 unspecified atom stereocenters. The lowest BCUT2D eigenvalue weighted by atomic mass is 9.85. The van der Waals surface area contributed by atoms with E-state index in [4.69, 9.17) is 9.47 Å². The van der Waals surface area contributed by atoms with Crippen molar-refractivity contribution in [3.8, 4) is 0 Å². The van der Waals surface area contributed by atoms with Crippen LogP contribution in [0.1, 0.15) is 48.0 Å². The van der Waals surface area contributed by atoms with E-state index in [0.717, 1.165) is 11.8 Å². The van der Waals surface area contributed by atoms with E-state index in [0.29, 0.717) is 25.3 Å². The summed E-state index contributed by atoms with van der Waals surface area (Å²) in [4.78, 5) is 35.3. The normalized spacial score (nSPS) is 22.9. The highest BCUT2D eigenvalue weighted by molar-refractivity contribution is 8.13. The molecule has 8 nitrogen and oxygen atoms in total. The molecule has 0 aromatic rings. The van der Waals surface area contributed by atoms with Crippen molar-refractivity contribution in [3.05, 3.63) is 0 Å². The van der Waals surface area contributed by atoms with Crippen molar-refractivity contribution >= 4 is 28.6 Å². The number of aliphatic hydroxyl groups excluding tert-OH is 1. The molecule has 1 heterocycles. The average Bonchev–Trinajstić information content (AvgIpc) is 2.60. The topological polar surface area (TPSA) is 114 Å². The molecule has 28 heavy (non-hydrogen) atoms. The summed E-state index contributed by atoms with van der Waals surface area (Å²) < 4.78 is 11.4. The molecule has 1 saturated heterocycles. The number of nitrogens with one attached hydrogen (secondary N) is 2. The molecule has 1 fully saturated rings. The fourth-order valence-corrected chi connectivity index (χ4v) is 3.35. The lowest BCUT2D eigenvalue weighted by Crippen LogP contribution is -2.56. The number of carbonyl (C=O) groups excluding carboxylic acids is 3. The standard InChI is InChI=1S/C19H34N2O6S/c1-12(13(2)22)17(25)28-10-9-20-14(23)7-8-21-16(24)15-18(3,4)11-26-19(5,6)27-15/h12,14-15,20,23H,7-11H2,1-6H3,(H,21,24). The highest BCUT2D eigenvalue weighted by Crippen LogP contribution is 2.34. The van der Waals surface area contributed by atoms with E-state index in [1.165, 1.54) is 6.92 Å². The zero-order valence-electron chi connectivity index (χ0n) is 17.7. The summed E-state index contributed by atoms with van der Waals surface area (Å²) in [6.45, 7) is 11.5. The van der Waals surface area contributed by atoms with Gasteiger partial charge in [-0.1, -0.05) is 25.6 Å². The number of carbonyl (C=O) groups is 3. The van der Waals surface area contributed by atoms with Crippen molar-refractivity contribution in [2.24, 2.45) is 11.3 Å². The molecule has 0 aromatic carbocycles. The van der Waals surface area contributed by atoms with Crippen molar-refractivity contribution in [2.45, 2.75) is 66.1 Å². The van der Waals surface area contributed by atoms with Gasteiger partial charge in [-0.15, -0.1) is 0 Å². The van der Waals surface area contributed by atoms with Gasteiger partial charge in [-0.3, -0.25) is 19.7 Å². The summed E-state index contributed by atoms with van der Waals surface area (Å²) in [6, 6.07) is 0. The lowest BCUT2D eigenvalue weighted by Gasteiger charge is -2.44. The Labute approximate surface area is 171 Å². The van der Waals surface area contributed by atoms with Crippen LogP contribution in [0, 0.1) is 11.3 Å². The van der Waals surface area contributed by atoms with Gasteiger partial charge in [0.05, 0.1) is 12.5 Å². The van der Waals surface area contributed by atoms with Gasteiger partial charge in [0.15, 0.2) is 10.9 Å². The van der Waals surface area contributed by atoms with E-state index < -0.39 is 29.5 Å². The molecular weight excluding hydrogens is 384 g/mol. The first-order valence-electron chi connectivity index (χ1n) is 9.54. The number of ketones is 1. The maximum absolute atomic E-state index is 12.5. The third kappa shape index (κ3) is 8.16. The monoisotopic (exact) mass is 418 g/mol. The first-order valence-corrected chi connectivity index (χ1v) is 10.5. The smallest absolute Gasteiger partial charge is 0.249 e. The van der Waals surface area contributed by atoms with E-state index in [1.54, 1.807) is 20.8 Å². The van der Waals surface area contributed by atoms with E-state index in [2.05, 4.69) is 10.6 Å². The highest BCUT2D eigenvalue weighted by Gasteiger charge is 2.45. The lowest BCUT2D eigenvalue weighted by molar-refractivity contribution is -0.304. The van der Waals surface area contributed by atoms with Crippen LogP contribution in [0.3, 0.4) is 0 Å². The Hall–Kier alpha value is -1.00. The van der Waals surface area contributed by atoms with Crippen LogP contribution >= 0.6 is 11.8 Å². The van der Waals surface area contributed by atoms with Gasteiger partial charge in [-0.2, -0.15) is 0 Å². The van der Waals surface area contributed by atoms with E-state index in [1.807, 2.05) is 13.8 Å². The molecule has 3 atom stereocenters. The fourth-order valence-electron chi connectivity index (χ4n) is 2.52. The van der Waals surface area contributed by atoms with Gasteiger partial charge in [0.25, 0.3) is 0 Å². The number of hydrogen-bond donors (Lipinski definition) is 3. The summed E-state index contributed by atoms with van der Waals surface area (Å²) in [7, 11) is 0. The Morgan fingerprint density at radius 3 is 2.46 bits per heavy atom. The van der Waals surface area contributed by atoms with Gasteiger partial charge in [0.2, 0.25) is 5.91 Å². The van der Waals surface area contributed by atoms with Gasteiger partial charge in [-0.25, -0.2) is 0 Å². The minimum atomic E-state index is -0.812. The Balaban J connectivity index is 2.26. The third-order valence-corrected chi connectivity index (χ3v) is 5.59. The average molecular weight is 419 g/mol. The van der Waals surface area contributed by atoms with Gasteiger partial charge < -0.3 is 19.9 Å². The number of ether oxygens (including phenoxy) is 2. The molecule has 3 N–H and O–H groups in total. The summed E-state index contributed by atoms with van der Waals surface area (Å²) in [5.74, 6) is -1.34. The van der Waals surface area contributed by atoms with Gasteiger partial charge in [0.1, 0.15) is 18.1 Å². The fraction of sp³-hybridized carbons (Fsp3) is 0.842. The van der Waals surface area contributed by atoms with E-state index >= 15 is 0 Å². The first kappa shape index (κ1) is 25.0. The van der Waals surface area contributed by atoms with Crippen molar-refractivity contribution in [2.75, 3.05) is 25.4 Å². The highest BCUT2D eigenvalue weighted by atomic mass is 32.2.